The number of nitro groups is 1. The number of hydrogen-bond donors (Lipinski definition) is 2. The molecule has 0 fully saturated rings. The summed E-state index contributed by atoms with van der Waals surface area (Å²) in [7, 11) is 1.58. The minimum absolute atomic E-state index is 0.0152. The Morgan fingerprint density at radius 2 is 2.07 bits per heavy atom. The largest absolute Gasteiger partial charge is 0.383 e. The Morgan fingerprint density at radius 3 is 2.79 bits per heavy atom. The van der Waals surface area contributed by atoms with E-state index >= 15 is 0 Å². The molecule has 1 aromatic heterocycles. The van der Waals surface area contributed by atoms with Gasteiger partial charge in [0.05, 0.1) is 11.5 Å². The summed E-state index contributed by atoms with van der Waals surface area (Å²) < 4.78 is 4.98. The second-order valence-electron chi connectivity index (χ2n) is 6.89. The molecule has 0 aliphatic carbocycles. The molecule has 152 valence electrons. The van der Waals surface area contributed by atoms with Gasteiger partial charge in [-0.15, -0.1) is 0 Å². The van der Waals surface area contributed by atoms with Crippen molar-refractivity contribution in [3.8, 4) is 0 Å². The second kappa shape index (κ2) is 9.34. The molecule has 3 rings (SSSR count). The number of para-hydroxylation sites is 1. The van der Waals surface area contributed by atoms with Gasteiger partial charge in [-0.2, -0.15) is 0 Å². The van der Waals surface area contributed by atoms with Gasteiger partial charge in [-0.25, -0.2) is 0 Å². The molecule has 0 spiro atoms. The third kappa shape index (κ3) is 4.63. The third-order valence-electron chi connectivity index (χ3n) is 5.09. The van der Waals surface area contributed by atoms with Gasteiger partial charge >= 0.3 is 0 Å². The molecule has 0 aliphatic rings. The Hall–Kier alpha value is -3.19. The Bertz CT molecular complexity index is 1010. The molecule has 0 bridgehead atoms. The fourth-order valence-electron chi connectivity index (χ4n) is 3.63. The fraction of sp³-hybridized carbons (Fsp3) is 0.318. The number of nitrogens with zero attached hydrogens (tertiary/aromatic N) is 1. The summed E-state index contributed by atoms with van der Waals surface area (Å²) in [6.07, 6.45) is 2.99. The number of hydrogen-bond acceptors (Lipinski definition) is 4. The highest BCUT2D eigenvalue weighted by Gasteiger charge is 2.23. The Morgan fingerprint density at radius 1 is 1.28 bits per heavy atom. The number of methoxy groups -OCH3 is 1. The van der Waals surface area contributed by atoms with Crippen molar-refractivity contribution in [1.29, 1.82) is 0 Å². The van der Waals surface area contributed by atoms with Crippen molar-refractivity contribution in [1.82, 2.24) is 10.3 Å². The monoisotopic (exact) mass is 395 g/mol. The standard InChI is InChI=1S/C22H25N3O4/c1-3-15-6-5-9-18-20(14-24-22(15)18)19(13-21(26)23-10-11-29-2)16-7-4-8-17(12-16)25(27)28/h4-9,12,14,19,24H,3,10-11,13H2,1-2H3,(H,23,26)/t19-/m1/s1. The van der Waals surface area contributed by atoms with Gasteiger partial charge in [0.1, 0.15) is 0 Å². The zero-order valence-electron chi connectivity index (χ0n) is 16.6. The minimum Gasteiger partial charge on any atom is -0.383 e. The molecule has 1 amide bonds. The Kier molecular flexibility index (Phi) is 6.61. The van der Waals surface area contributed by atoms with Crippen molar-refractivity contribution in [3.63, 3.8) is 0 Å². The number of carbonyl (C=O) groups excluding carboxylic acids is 1. The first-order chi connectivity index (χ1) is 14.0. The van der Waals surface area contributed by atoms with E-state index in [1.54, 1.807) is 19.2 Å². The summed E-state index contributed by atoms with van der Waals surface area (Å²) >= 11 is 0. The van der Waals surface area contributed by atoms with Gasteiger partial charge < -0.3 is 15.0 Å². The number of fused-ring (bicyclic) bond motifs is 1. The van der Waals surface area contributed by atoms with Gasteiger partial charge in [0.15, 0.2) is 0 Å². The number of aromatic nitrogens is 1. The van der Waals surface area contributed by atoms with E-state index in [0.717, 1.165) is 28.5 Å². The first kappa shape index (κ1) is 20.5. The molecular weight excluding hydrogens is 370 g/mol. The van der Waals surface area contributed by atoms with Crippen LogP contribution in [0.4, 0.5) is 5.69 Å². The predicted molar refractivity (Wildman–Crippen MR) is 112 cm³/mol. The summed E-state index contributed by atoms with van der Waals surface area (Å²) in [4.78, 5) is 26.7. The number of aromatic amines is 1. The molecule has 1 atom stereocenters. The number of H-pyrrole nitrogens is 1. The molecule has 0 radical (unpaired) electrons. The van der Waals surface area contributed by atoms with E-state index in [1.807, 2.05) is 24.4 Å². The van der Waals surface area contributed by atoms with Gasteiger partial charge in [-0.05, 0) is 23.1 Å². The summed E-state index contributed by atoms with van der Waals surface area (Å²) in [5, 5.41) is 15.1. The van der Waals surface area contributed by atoms with Crippen molar-refractivity contribution in [2.45, 2.75) is 25.7 Å². The van der Waals surface area contributed by atoms with Crippen LogP contribution in [-0.2, 0) is 16.0 Å². The lowest BCUT2D eigenvalue weighted by Gasteiger charge is -2.17. The van der Waals surface area contributed by atoms with E-state index in [1.165, 1.54) is 11.6 Å². The molecule has 0 unspecified atom stereocenters. The van der Waals surface area contributed by atoms with Crippen LogP contribution in [0.5, 0.6) is 0 Å². The number of rotatable bonds is 9. The first-order valence-electron chi connectivity index (χ1n) is 9.64. The lowest BCUT2D eigenvalue weighted by atomic mass is 9.87. The average molecular weight is 395 g/mol. The van der Waals surface area contributed by atoms with Crippen molar-refractivity contribution < 1.29 is 14.5 Å². The molecule has 7 heteroatoms. The van der Waals surface area contributed by atoms with Crippen molar-refractivity contribution in [3.05, 3.63) is 75.5 Å². The summed E-state index contributed by atoms with van der Waals surface area (Å²) in [5.74, 6) is -0.433. The highest BCUT2D eigenvalue weighted by Crippen LogP contribution is 2.35. The fourth-order valence-corrected chi connectivity index (χ4v) is 3.63. The number of ether oxygens (including phenoxy) is 1. The average Bonchev–Trinajstić information content (AvgIpc) is 3.16. The van der Waals surface area contributed by atoms with Crippen LogP contribution in [-0.4, -0.2) is 36.1 Å². The zero-order valence-corrected chi connectivity index (χ0v) is 16.6. The Labute approximate surface area is 169 Å². The van der Waals surface area contributed by atoms with Gasteiger partial charge in [0.25, 0.3) is 5.69 Å². The predicted octanol–water partition coefficient (Wildman–Crippen LogP) is 3.92. The summed E-state index contributed by atoms with van der Waals surface area (Å²) in [6.45, 7) is 2.95. The van der Waals surface area contributed by atoms with Crippen LogP contribution < -0.4 is 5.32 Å². The normalized spacial score (nSPS) is 12.1. The smallest absolute Gasteiger partial charge is 0.269 e. The molecule has 29 heavy (non-hydrogen) atoms. The number of aryl methyl sites for hydroxylation is 1. The van der Waals surface area contributed by atoms with Crippen LogP contribution in [0.2, 0.25) is 0 Å². The summed E-state index contributed by atoms with van der Waals surface area (Å²) in [6, 6.07) is 12.6. The first-order valence-corrected chi connectivity index (χ1v) is 9.64. The summed E-state index contributed by atoms with van der Waals surface area (Å²) in [5.41, 5.74) is 3.94. The van der Waals surface area contributed by atoms with Crippen LogP contribution in [0.25, 0.3) is 10.9 Å². The molecule has 1 heterocycles. The lowest BCUT2D eigenvalue weighted by molar-refractivity contribution is -0.384. The maximum absolute atomic E-state index is 12.6. The number of non-ortho nitro benzene ring substituents is 1. The van der Waals surface area contributed by atoms with Gasteiger partial charge in [0.2, 0.25) is 5.91 Å². The van der Waals surface area contributed by atoms with E-state index in [2.05, 4.69) is 23.3 Å². The SMILES string of the molecule is CCc1cccc2c([C@H](CC(=O)NCCOC)c3cccc([N+](=O)[O-])c3)c[nH]c12. The topological polar surface area (TPSA) is 97.3 Å². The van der Waals surface area contributed by atoms with Gasteiger partial charge in [0, 0.05) is 55.2 Å². The minimum atomic E-state index is -0.413. The van der Waals surface area contributed by atoms with Crippen LogP contribution in [0.3, 0.4) is 0 Å². The number of nitro benzene ring substituents is 1. The highest BCUT2D eigenvalue weighted by atomic mass is 16.6. The van der Waals surface area contributed by atoms with E-state index in [-0.39, 0.29) is 23.9 Å². The molecule has 2 N–H and O–H groups in total. The van der Waals surface area contributed by atoms with Crippen molar-refractivity contribution in [2.24, 2.45) is 0 Å². The zero-order chi connectivity index (χ0) is 20.8. The molecule has 2 aromatic carbocycles. The van der Waals surface area contributed by atoms with E-state index in [9.17, 15) is 14.9 Å². The van der Waals surface area contributed by atoms with Crippen LogP contribution in [0, 0.1) is 10.1 Å². The number of benzene rings is 2. The third-order valence-corrected chi connectivity index (χ3v) is 5.09. The van der Waals surface area contributed by atoms with E-state index < -0.39 is 4.92 Å². The van der Waals surface area contributed by atoms with Crippen LogP contribution >= 0.6 is 0 Å². The number of carbonyl (C=O) groups is 1. The molecule has 0 aliphatic heterocycles. The second-order valence-corrected chi connectivity index (χ2v) is 6.89. The maximum atomic E-state index is 12.6. The maximum Gasteiger partial charge on any atom is 0.269 e. The molecule has 7 nitrogen and oxygen atoms in total. The molecular formula is C22H25N3O4. The van der Waals surface area contributed by atoms with Crippen molar-refractivity contribution >= 4 is 22.5 Å². The van der Waals surface area contributed by atoms with E-state index in [4.69, 9.17) is 4.74 Å². The van der Waals surface area contributed by atoms with Gasteiger partial charge in [-0.3, -0.25) is 14.9 Å². The highest BCUT2D eigenvalue weighted by molar-refractivity contribution is 5.88. The quantitative estimate of drug-likeness (QED) is 0.326. The van der Waals surface area contributed by atoms with E-state index in [0.29, 0.717) is 13.2 Å². The molecule has 3 aromatic rings. The Balaban J connectivity index is 2.03. The molecule has 0 saturated heterocycles. The lowest BCUT2D eigenvalue weighted by Crippen LogP contribution is -2.28. The van der Waals surface area contributed by atoms with Crippen molar-refractivity contribution in [2.75, 3.05) is 20.3 Å². The molecule has 0 saturated carbocycles. The van der Waals surface area contributed by atoms with Gasteiger partial charge in [-0.1, -0.05) is 37.3 Å². The van der Waals surface area contributed by atoms with Crippen LogP contribution in [0.1, 0.15) is 36.0 Å². The number of amides is 1. The number of nitrogens with one attached hydrogen (secondary N) is 2. The van der Waals surface area contributed by atoms with Crippen LogP contribution in [0.15, 0.2) is 48.7 Å².